The van der Waals surface area contributed by atoms with E-state index in [1.165, 1.54) is 35.2 Å². The van der Waals surface area contributed by atoms with Gasteiger partial charge >= 0.3 is 0 Å². The fourth-order valence-corrected chi connectivity index (χ4v) is 6.88. The van der Waals surface area contributed by atoms with Gasteiger partial charge in [0, 0.05) is 24.5 Å². The van der Waals surface area contributed by atoms with Gasteiger partial charge in [0.15, 0.2) is 0 Å². The van der Waals surface area contributed by atoms with Gasteiger partial charge in [-0.3, -0.25) is 13.9 Å². The quantitative estimate of drug-likeness (QED) is 0.168. The molecule has 0 bridgehead atoms. The van der Waals surface area contributed by atoms with Gasteiger partial charge in [-0.05, 0) is 59.9 Å². The number of hydrogen-bond acceptors (Lipinski definition) is 4. The summed E-state index contributed by atoms with van der Waals surface area (Å²) in [5.41, 5.74) is 2.73. The van der Waals surface area contributed by atoms with Crippen LogP contribution in [0.4, 0.5) is 5.69 Å². The monoisotopic (exact) mass is 665 g/mol. The molecule has 0 aliphatic carbocycles. The smallest absolute Gasteiger partial charge is 0.264 e. The number of aryl methyl sites for hydroxylation is 1. The zero-order valence-electron chi connectivity index (χ0n) is 25.5. The van der Waals surface area contributed by atoms with Gasteiger partial charge < -0.3 is 10.2 Å². The molecule has 0 aliphatic heterocycles. The van der Waals surface area contributed by atoms with Crippen LogP contribution >= 0.6 is 23.2 Å². The van der Waals surface area contributed by atoms with Gasteiger partial charge in [0.05, 0.1) is 15.6 Å². The molecule has 2 amide bonds. The average molecular weight is 667 g/mol. The summed E-state index contributed by atoms with van der Waals surface area (Å²) in [6, 6.07) is 28.4. The molecular formula is C35H37Cl2N3O4S. The maximum atomic E-state index is 14.5. The second-order valence-electron chi connectivity index (χ2n) is 11.2. The molecule has 45 heavy (non-hydrogen) atoms. The number of rotatable bonds is 13. The number of amides is 2. The van der Waals surface area contributed by atoms with E-state index in [1.54, 1.807) is 18.2 Å². The predicted molar refractivity (Wildman–Crippen MR) is 181 cm³/mol. The topological polar surface area (TPSA) is 86.8 Å². The normalized spacial score (nSPS) is 12.0. The third-order valence-electron chi connectivity index (χ3n) is 7.35. The van der Waals surface area contributed by atoms with Crippen molar-refractivity contribution in [3.05, 3.63) is 130 Å². The van der Waals surface area contributed by atoms with E-state index in [-0.39, 0.29) is 40.4 Å². The standard InChI is InChI=1S/C35H37Cl2N3O4S/c1-25(2)22-38-35(42)33(20-27-13-6-4-7-14-27)39(23-28-15-11-10-12-26(28)3)34(41)24-40(32-19-18-29(36)21-31(32)37)45(43,44)30-16-8-5-9-17-30/h4-19,21,25,33H,20,22-24H2,1-3H3,(H,38,42)/t33-/m1/s1. The van der Waals surface area contributed by atoms with Gasteiger partial charge in [0.25, 0.3) is 10.0 Å². The number of benzene rings is 4. The number of carbonyl (C=O) groups excluding carboxylic acids is 2. The Bertz CT molecular complexity index is 1720. The summed E-state index contributed by atoms with van der Waals surface area (Å²) in [5, 5.41) is 3.38. The Morgan fingerprint density at radius 1 is 0.844 bits per heavy atom. The van der Waals surface area contributed by atoms with Crippen molar-refractivity contribution < 1.29 is 18.0 Å². The maximum Gasteiger partial charge on any atom is 0.264 e. The van der Waals surface area contributed by atoms with Crippen molar-refractivity contribution in [2.45, 2.75) is 44.7 Å². The molecule has 0 radical (unpaired) electrons. The highest BCUT2D eigenvalue weighted by atomic mass is 35.5. The van der Waals surface area contributed by atoms with Crippen molar-refractivity contribution in [1.29, 1.82) is 0 Å². The average Bonchev–Trinajstić information content (AvgIpc) is 3.02. The van der Waals surface area contributed by atoms with Crippen molar-refractivity contribution in [3.8, 4) is 0 Å². The Labute approximate surface area is 275 Å². The van der Waals surface area contributed by atoms with Crippen LogP contribution in [0.2, 0.25) is 10.0 Å². The molecule has 0 saturated heterocycles. The maximum absolute atomic E-state index is 14.5. The summed E-state index contributed by atoms with van der Waals surface area (Å²) in [6.07, 6.45) is 0.232. The van der Waals surface area contributed by atoms with Crippen LogP contribution in [0, 0.1) is 12.8 Å². The fraction of sp³-hybridized carbons (Fsp3) is 0.257. The second kappa shape index (κ2) is 15.4. The number of nitrogens with zero attached hydrogens (tertiary/aromatic N) is 2. The molecular weight excluding hydrogens is 629 g/mol. The molecule has 4 aromatic carbocycles. The summed E-state index contributed by atoms with van der Waals surface area (Å²) < 4.78 is 29.2. The number of halogens is 2. The van der Waals surface area contributed by atoms with E-state index in [4.69, 9.17) is 23.2 Å². The van der Waals surface area contributed by atoms with Gasteiger partial charge in [-0.15, -0.1) is 0 Å². The zero-order valence-corrected chi connectivity index (χ0v) is 27.8. The lowest BCUT2D eigenvalue weighted by Gasteiger charge is -2.34. The van der Waals surface area contributed by atoms with Crippen molar-refractivity contribution >= 4 is 50.7 Å². The lowest BCUT2D eigenvalue weighted by atomic mass is 10.0. The van der Waals surface area contributed by atoms with Gasteiger partial charge in [-0.2, -0.15) is 0 Å². The molecule has 236 valence electrons. The Hall–Kier alpha value is -3.85. The molecule has 0 aromatic heterocycles. The van der Waals surface area contributed by atoms with Crippen molar-refractivity contribution in [3.63, 3.8) is 0 Å². The summed E-state index contributed by atoms with van der Waals surface area (Å²) in [7, 11) is -4.27. The van der Waals surface area contributed by atoms with Crippen LogP contribution in [-0.2, 0) is 32.6 Å². The molecule has 0 fully saturated rings. The Morgan fingerprint density at radius 3 is 2.09 bits per heavy atom. The zero-order chi connectivity index (χ0) is 32.6. The molecule has 0 aliphatic rings. The minimum Gasteiger partial charge on any atom is -0.354 e. The van der Waals surface area contributed by atoms with Crippen molar-refractivity contribution in [2.24, 2.45) is 5.92 Å². The van der Waals surface area contributed by atoms with E-state index in [0.717, 1.165) is 21.0 Å². The summed E-state index contributed by atoms with van der Waals surface area (Å²) in [6.45, 7) is 5.82. The number of sulfonamides is 1. The van der Waals surface area contributed by atoms with Crippen LogP contribution in [0.5, 0.6) is 0 Å². The number of hydrogen-bond donors (Lipinski definition) is 1. The Morgan fingerprint density at radius 2 is 1.47 bits per heavy atom. The third kappa shape index (κ3) is 8.87. The molecule has 10 heteroatoms. The van der Waals surface area contributed by atoms with E-state index in [1.807, 2.05) is 75.4 Å². The summed E-state index contributed by atoms with van der Waals surface area (Å²) in [5.74, 6) is -0.703. The summed E-state index contributed by atoms with van der Waals surface area (Å²) >= 11 is 12.7. The number of carbonyl (C=O) groups is 2. The SMILES string of the molecule is Cc1ccccc1CN(C(=O)CN(c1ccc(Cl)cc1Cl)S(=O)(=O)c1ccccc1)[C@H](Cc1ccccc1)C(=O)NCC(C)C. The molecule has 0 spiro atoms. The van der Waals surface area contributed by atoms with Crippen LogP contribution in [-0.4, -0.2) is 44.3 Å². The number of nitrogens with one attached hydrogen (secondary N) is 1. The first-order valence-corrected chi connectivity index (χ1v) is 16.9. The molecule has 1 N–H and O–H groups in total. The van der Waals surface area contributed by atoms with Gasteiger partial charge in [0.1, 0.15) is 12.6 Å². The van der Waals surface area contributed by atoms with Crippen LogP contribution in [0.3, 0.4) is 0 Å². The Kier molecular flexibility index (Phi) is 11.7. The van der Waals surface area contributed by atoms with E-state index in [9.17, 15) is 18.0 Å². The number of anilines is 1. The van der Waals surface area contributed by atoms with E-state index in [2.05, 4.69) is 5.32 Å². The summed E-state index contributed by atoms with van der Waals surface area (Å²) in [4.78, 5) is 29.9. The largest absolute Gasteiger partial charge is 0.354 e. The second-order valence-corrected chi connectivity index (χ2v) is 13.9. The van der Waals surface area contributed by atoms with Crippen LogP contribution in [0.1, 0.15) is 30.5 Å². The fourth-order valence-electron chi connectivity index (χ4n) is 4.86. The van der Waals surface area contributed by atoms with Crippen molar-refractivity contribution in [2.75, 3.05) is 17.4 Å². The van der Waals surface area contributed by atoms with Crippen molar-refractivity contribution in [1.82, 2.24) is 10.2 Å². The first kappa shape index (κ1) is 34.0. The molecule has 1 atom stereocenters. The van der Waals surface area contributed by atoms with E-state index in [0.29, 0.717) is 11.6 Å². The minimum atomic E-state index is -4.27. The van der Waals surface area contributed by atoms with Crippen LogP contribution in [0.25, 0.3) is 0 Å². The molecule has 7 nitrogen and oxygen atoms in total. The lowest BCUT2D eigenvalue weighted by molar-refractivity contribution is -0.140. The molecule has 4 rings (SSSR count). The highest BCUT2D eigenvalue weighted by molar-refractivity contribution is 7.92. The van der Waals surface area contributed by atoms with E-state index >= 15 is 0 Å². The highest BCUT2D eigenvalue weighted by Gasteiger charge is 2.35. The molecule has 0 unspecified atom stereocenters. The molecule has 0 heterocycles. The molecule has 0 saturated carbocycles. The van der Waals surface area contributed by atoms with Gasteiger partial charge in [-0.25, -0.2) is 8.42 Å². The van der Waals surface area contributed by atoms with Gasteiger partial charge in [0.2, 0.25) is 11.8 Å². The lowest BCUT2D eigenvalue weighted by Crippen LogP contribution is -2.53. The predicted octanol–water partition coefficient (Wildman–Crippen LogP) is 6.91. The Balaban J connectivity index is 1.82. The van der Waals surface area contributed by atoms with Crippen LogP contribution in [0.15, 0.2) is 108 Å². The third-order valence-corrected chi connectivity index (χ3v) is 9.66. The minimum absolute atomic E-state index is 0.00946. The molecule has 4 aromatic rings. The van der Waals surface area contributed by atoms with E-state index < -0.39 is 28.5 Å². The van der Waals surface area contributed by atoms with Gasteiger partial charge in [-0.1, -0.05) is 110 Å². The highest BCUT2D eigenvalue weighted by Crippen LogP contribution is 2.33. The first-order chi connectivity index (χ1) is 21.5. The van der Waals surface area contributed by atoms with Crippen LogP contribution < -0.4 is 9.62 Å². The first-order valence-electron chi connectivity index (χ1n) is 14.7.